The molecule has 3 heteroatoms. The van der Waals surface area contributed by atoms with Gasteiger partial charge in [0.05, 0.1) is 7.11 Å². The summed E-state index contributed by atoms with van der Waals surface area (Å²) in [5.74, 6) is 0.982. The highest BCUT2D eigenvalue weighted by molar-refractivity contribution is 5.37. The molecule has 108 valence electrons. The topological polar surface area (TPSA) is 38.5 Å². The molecule has 19 heavy (non-hydrogen) atoms. The highest BCUT2D eigenvalue weighted by Crippen LogP contribution is 2.23. The van der Waals surface area contributed by atoms with Crippen molar-refractivity contribution in [1.29, 1.82) is 0 Å². The number of nitrogens with zero attached hydrogens (tertiary/aromatic N) is 1. The van der Waals surface area contributed by atoms with Gasteiger partial charge >= 0.3 is 0 Å². The van der Waals surface area contributed by atoms with Crippen molar-refractivity contribution in [3.63, 3.8) is 0 Å². The van der Waals surface area contributed by atoms with Crippen molar-refractivity contribution in [3.8, 4) is 5.75 Å². The van der Waals surface area contributed by atoms with Crippen molar-refractivity contribution in [2.45, 2.75) is 45.7 Å². The molecule has 0 radical (unpaired) electrons. The van der Waals surface area contributed by atoms with E-state index in [0.29, 0.717) is 0 Å². The predicted octanol–water partition coefficient (Wildman–Crippen LogP) is 2.82. The summed E-state index contributed by atoms with van der Waals surface area (Å²) in [5, 5.41) is 0. The molecule has 3 nitrogen and oxygen atoms in total. The molecule has 0 atom stereocenters. The Balaban J connectivity index is 2.82. The molecular formula is C16H28N2O. The summed E-state index contributed by atoms with van der Waals surface area (Å²) in [7, 11) is 3.89. The van der Waals surface area contributed by atoms with Crippen LogP contribution in [0.2, 0.25) is 0 Å². The number of aryl methyl sites for hydroxylation is 1. The standard InChI is InChI=1S/C16H28N2O/c1-6-14-11-13(7-8-15(14)19-5)12-18(4)16(2,3)9-10-17/h7-8,11H,6,9-10,12,17H2,1-5H3. The van der Waals surface area contributed by atoms with Gasteiger partial charge in [0.2, 0.25) is 0 Å². The van der Waals surface area contributed by atoms with Gasteiger partial charge in [-0.1, -0.05) is 19.1 Å². The van der Waals surface area contributed by atoms with Crippen LogP contribution in [0, 0.1) is 0 Å². The monoisotopic (exact) mass is 264 g/mol. The Labute approximate surface area is 117 Å². The first-order valence-corrected chi connectivity index (χ1v) is 7.01. The second-order valence-electron chi connectivity index (χ2n) is 5.71. The van der Waals surface area contributed by atoms with E-state index in [2.05, 4.69) is 50.9 Å². The van der Waals surface area contributed by atoms with E-state index in [4.69, 9.17) is 10.5 Å². The van der Waals surface area contributed by atoms with Crippen molar-refractivity contribution >= 4 is 0 Å². The lowest BCUT2D eigenvalue weighted by atomic mass is 9.97. The minimum atomic E-state index is 0.126. The first-order chi connectivity index (χ1) is 8.94. The molecule has 2 N–H and O–H groups in total. The third kappa shape index (κ3) is 4.22. The maximum Gasteiger partial charge on any atom is 0.122 e. The maximum atomic E-state index is 5.69. The van der Waals surface area contributed by atoms with Crippen molar-refractivity contribution in [2.75, 3.05) is 20.7 Å². The van der Waals surface area contributed by atoms with Crippen LogP contribution in [-0.2, 0) is 13.0 Å². The molecule has 0 unspecified atom stereocenters. The molecule has 0 saturated heterocycles. The molecule has 0 saturated carbocycles. The minimum absolute atomic E-state index is 0.126. The van der Waals surface area contributed by atoms with E-state index in [1.165, 1.54) is 11.1 Å². The molecule has 0 aromatic heterocycles. The second-order valence-corrected chi connectivity index (χ2v) is 5.71. The van der Waals surface area contributed by atoms with Gasteiger partial charge in [-0.15, -0.1) is 0 Å². The molecule has 0 spiro atoms. The normalized spacial score (nSPS) is 11.9. The smallest absolute Gasteiger partial charge is 0.122 e. The third-order valence-electron chi connectivity index (χ3n) is 3.93. The van der Waals surface area contributed by atoms with Gasteiger partial charge in [0.15, 0.2) is 0 Å². The van der Waals surface area contributed by atoms with Crippen LogP contribution < -0.4 is 10.5 Å². The number of hydrogen-bond acceptors (Lipinski definition) is 3. The van der Waals surface area contributed by atoms with Crippen molar-refractivity contribution < 1.29 is 4.74 Å². The lowest BCUT2D eigenvalue weighted by molar-refractivity contribution is 0.140. The predicted molar refractivity (Wildman–Crippen MR) is 81.6 cm³/mol. The lowest BCUT2D eigenvalue weighted by Crippen LogP contribution is -2.42. The quantitative estimate of drug-likeness (QED) is 0.823. The molecule has 0 amide bonds. The summed E-state index contributed by atoms with van der Waals surface area (Å²) < 4.78 is 5.37. The molecule has 1 aromatic carbocycles. The molecule has 0 aliphatic rings. The van der Waals surface area contributed by atoms with Crippen molar-refractivity contribution in [1.82, 2.24) is 4.90 Å². The molecule has 0 bridgehead atoms. The van der Waals surface area contributed by atoms with Gasteiger partial charge in [0, 0.05) is 12.1 Å². The average Bonchev–Trinajstić information content (AvgIpc) is 2.38. The fourth-order valence-corrected chi connectivity index (χ4v) is 2.24. The summed E-state index contributed by atoms with van der Waals surface area (Å²) in [6.45, 7) is 8.29. The van der Waals surface area contributed by atoms with Crippen LogP contribution in [0.25, 0.3) is 0 Å². The van der Waals surface area contributed by atoms with Crippen LogP contribution in [-0.4, -0.2) is 31.1 Å². The fraction of sp³-hybridized carbons (Fsp3) is 0.625. The van der Waals surface area contributed by atoms with Crippen LogP contribution in [0.1, 0.15) is 38.3 Å². The molecule has 0 aliphatic heterocycles. The van der Waals surface area contributed by atoms with Crippen LogP contribution in [0.4, 0.5) is 0 Å². The zero-order chi connectivity index (χ0) is 14.5. The zero-order valence-corrected chi connectivity index (χ0v) is 13.0. The zero-order valence-electron chi connectivity index (χ0n) is 13.0. The van der Waals surface area contributed by atoms with Gasteiger partial charge in [-0.25, -0.2) is 0 Å². The van der Waals surface area contributed by atoms with E-state index in [-0.39, 0.29) is 5.54 Å². The largest absolute Gasteiger partial charge is 0.496 e. The van der Waals surface area contributed by atoms with Crippen molar-refractivity contribution in [3.05, 3.63) is 29.3 Å². The Morgan fingerprint density at radius 3 is 2.53 bits per heavy atom. The summed E-state index contributed by atoms with van der Waals surface area (Å²) in [6, 6.07) is 6.46. The summed E-state index contributed by atoms with van der Waals surface area (Å²) in [5.41, 5.74) is 8.41. The van der Waals surface area contributed by atoms with Crippen LogP contribution in [0.3, 0.4) is 0 Å². The molecule has 0 fully saturated rings. The SMILES string of the molecule is CCc1cc(CN(C)C(C)(C)CCN)ccc1OC. The second kappa shape index (κ2) is 6.92. The van der Waals surface area contributed by atoms with E-state index in [9.17, 15) is 0 Å². The Kier molecular flexibility index (Phi) is 5.83. The van der Waals surface area contributed by atoms with Crippen LogP contribution >= 0.6 is 0 Å². The van der Waals surface area contributed by atoms with Crippen LogP contribution in [0.5, 0.6) is 5.75 Å². The van der Waals surface area contributed by atoms with E-state index in [0.717, 1.165) is 31.7 Å². The van der Waals surface area contributed by atoms with Gasteiger partial charge in [-0.2, -0.15) is 0 Å². The highest BCUT2D eigenvalue weighted by Gasteiger charge is 2.22. The molecule has 0 aliphatic carbocycles. The van der Waals surface area contributed by atoms with Crippen molar-refractivity contribution in [2.24, 2.45) is 5.73 Å². The number of nitrogens with two attached hydrogens (primary N) is 1. The fourth-order valence-electron chi connectivity index (χ4n) is 2.24. The first kappa shape index (κ1) is 16.0. The van der Waals surface area contributed by atoms with Gasteiger partial charge in [-0.3, -0.25) is 4.90 Å². The van der Waals surface area contributed by atoms with Gasteiger partial charge in [0.25, 0.3) is 0 Å². The van der Waals surface area contributed by atoms with E-state index >= 15 is 0 Å². The third-order valence-corrected chi connectivity index (χ3v) is 3.93. The summed E-state index contributed by atoms with van der Waals surface area (Å²) >= 11 is 0. The summed E-state index contributed by atoms with van der Waals surface area (Å²) in [4.78, 5) is 2.36. The van der Waals surface area contributed by atoms with E-state index in [1.807, 2.05) is 0 Å². The Morgan fingerprint density at radius 1 is 1.32 bits per heavy atom. The molecule has 0 heterocycles. The Hall–Kier alpha value is -1.06. The number of methoxy groups -OCH3 is 1. The molecule has 1 aromatic rings. The minimum Gasteiger partial charge on any atom is -0.496 e. The average molecular weight is 264 g/mol. The number of rotatable bonds is 7. The number of ether oxygens (including phenoxy) is 1. The van der Waals surface area contributed by atoms with Gasteiger partial charge < -0.3 is 10.5 Å². The summed E-state index contributed by atoms with van der Waals surface area (Å²) in [6.07, 6.45) is 1.99. The maximum absolute atomic E-state index is 5.69. The Morgan fingerprint density at radius 2 is 2.00 bits per heavy atom. The van der Waals surface area contributed by atoms with E-state index in [1.54, 1.807) is 7.11 Å². The number of hydrogen-bond donors (Lipinski definition) is 1. The van der Waals surface area contributed by atoms with E-state index < -0.39 is 0 Å². The number of benzene rings is 1. The molecular weight excluding hydrogens is 236 g/mol. The van der Waals surface area contributed by atoms with Gasteiger partial charge in [-0.05, 0) is 57.5 Å². The molecule has 1 rings (SSSR count). The van der Waals surface area contributed by atoms with Crippen LogP contribution in [0.15, 0.2) is 18.2 Å². The lowest BCUT2D eigenvalue weighted by Gasteiger charge is -2.35. The van der Waals surface area contributed by atoms with Gasteiger partial charge in [0.1, 0.15) is 5.75 Å². The Bertz CT molecular complexity index is 402. The highest BCUT2D eigenvalue weighted by atomic mass is 16.5. The first-order valence-electron chi connectivity index (χ1n) is 7.01.